The van der Waals surface area contributed by atoms with Gasteiger partial charge >= 0.3 is 0 Å². The molecule has 0 aliphatic rings. The van der Waals surface area contributed by atoms with E-state index >= 15 is 0 Å². The van der Waals surface area contributed by atoms with E-state index in [4.69, 9.17) is 16.3 Å². The molecule has 1 aromatic heterocycles. The fraction of sp³-hybridized carbons (Fsp3) is 0.176. The second-order valence-corrected chi connectivity index (χ2v) is 5.67. The van der Waals surface area contributed by atoms with Crippen molar-refractivity contribution in [3.63, 3.8) is 0 Å². The van der Waals surface area contributed by atoms with Gasteiger partial charge in [0, 0.05) is 17.6 Å². The van der Waals surface area contributed by atoms with Gasteiger partial charge in [0.2, 0.25) is 0 Å². The third kappa shape index (κ3) is 3.29. The Morgan fingerprint density at radius 2 is 2.04 bits per heavy atom. The van der Waals surface area contributed by atoms with E-state index in [1.165, 1.54) is 0 Å². The lowest BCUT2D eigenvalue weighted by Gasteiger charge is -2.10. The highest BCUT2D eigenvalue weighted by Crippen LogP contribution is 2.23. The summed E-state index contributed by atoms with van der Waals surface area (Å²) < 4.78 is 5.28. The molecule has 0 unspecified atom stereocenters. The molecule has 6 heteroatoms. The van der Waals surface area contributed by atoms with Gasteiger partial charge in [0.05, 0.1) is 12.5 Å². The minimum atomic E-state index is -0.251. The summed E-state index contributed by atoms with van der Waals surface area (Å²) in [6.45, 7) is 2.66. The van der Waals surface area contributed by atoms with Crippen molar-refractivity contribution in [3.05, 3.63) is 63.0 Å². The predicted octanol–water partition coefficient (Wildman–Crippen LogP) is 3.51. The lowest BCUT2D eigenvalue weighted by atomic mass is 10.1. The molecule has 2 aromatic carbocycles. The molecule has 2 N–H and O–H groups in total. The van der Waals surface area contributed by atoms with Crippen LogP contribution in [0.25, 0.3) is 10.8 Å². The standard InChI is InChI=1S/C17H16ClN3O2/c1-10-5-11(7-13(6-10)23-2)9-19-12-3-4-14-15(8-12)16(18)20-21-17(14)22/h3-8,19H,9H2,1-2H3,(H,21,22). The van der Waals surface area contributed by atoms with E-state index in [1.54, 1.807) is 13.2 Å². The van der Waals surface area contributed by atoms with E-state index in [-0.39, 0.29) is 10.7 Å². The third-order valence-electron chi connectivity index (χ3n) is 3.59. The van der Waals surface area contributed by atoms with E-state index in [9.17, 15) is 4.79 Å². The lowest BCUT2D eigenvalue weighted by Crippen LogP contribution is -2.08. The van der Waals surface area contributed by atoms with Gasteiger partial charge in [0.15, 0.2) is 5.15 Å². The zero-order chi connectivity index (χ0) is 16.4. The number of nitrogens with one attached hydrogen (secondary N) is 2. The number of H-pyrrole nitrogens is 1. The molecule has 0 atom stereocenters. The van der Waals surface area contributed by atoms with Crippen LogP contribution in [0.1, 0.15) is 11.1 Å². The Kier molecular flexibility index (Phi) is 4.21. The average Bonchev–Trinajstić information content (AvgIpc) is 2.56. The Bertz CT molecular complexity index is 921. The molecule has 0 radical (unpaired) electrons. The van der Waals surface area contributed by atoms with E-state index in [2.05, 4.69) is 21.6 Å². The molecule has 0 spiro atoms. The van der Waals surface area contributed by atoms with Crippen LogP contribution in [0.5, 0.6) is 5.75 Å². The van der Waals surface area contributed by atoms with Crippen molar-refractivity contribution in [3.8, 4) is 5.75 Å². The van der Waals surface area contributed by atoms with Crippen LogP contribution in [0, 0.1) is 6.92 Å². The Balaban J connectivity index is 1.86. The van der Waals surface area contributed by atoms with Crippen molar-refractivity contribution in [2.75, 3.05) is 12.4 Å². The molecule has 0 saturated carbocycles. The fourth-order valence-corrected chi connectivity index (χ4v) is 2.69. The van der Waals surface area contributed by atoms with Crippen molar-refractivity contribution < 1.29 is 4.74 Å². The van der Waals surface area contributed by atoms with E-state index in [1.807, 2.05) is 31.2 Å². The normalized spacial score (nSPS) is 10.7. The molecular weight excluding hydrogens is 314 g/mol. The number of aromatic amines is 1. The topological polar surface area (TPSA) is 67.0 Å². The van der Waals surface area contributed by atoms with Crippen LogP contribution in [0.2, 0.25) is 5.15 Å². The molecular formula is C17H16ClN3O2. The van der Waals surface area contributed by atoms with Gasteiger partial charge in [-0.15, -0.1) is 0 Å². The van der Waals surface area contributed by atoms with Gasteiger partial charge in [-0.1, -0.05) is 17.7 Å². The number of aryl methyl sites for hydroxylation is 1. The molecule has 0 amide bonds. The number of fused-ring (bicyclic) bond motifs is 1. The number of aromatic nitrogens is 2. The predicted molar refractivity (Wildman–Crippen MR) is 92.4 cm³/mol. The summed E-state index contributed by atoms with van der Waals surface area (Å²) in [6, 6.07) is 11.5. The molecule has 0 aliphatic carbocycles. The number of benzene rings is 2. The van der Waals surface area contributed by atoms with Gasteiger partial charge in [-0.3, -0.25) is 4.79 Å². The number of anilines is 1. The van der Waals surface area contributed by atoms with E-state index < -0.39 is 0 Å². The number of ether oxygens (including phenoxy) is 1. The molecule has 118 valence electrons. The summed E-state index contributed by atoms with van der Waals surface area (Å²) in [4.78, 5) is 11.7. The summed E-state index contributed by atoms with van der Waals surface area (Å²) >= 11 is 6.05. The first-order valence-corrected chi connectivity index (χ1v) is 7.51. The SMILES string of the molecule is COc1cc(C)cc(CNc2ccc3c(=O)[nH]nc(Cl)c3c2)c1. The van der Waals surface area contributed by atoms with Gasteiger partial charge in [-0.05, 0) is 48.4 Å². The van der Waals surface area contributed by atoms with Crippen LogP contribution in [0.3, 0.4) is 0 Å². The molecule has 3 rings (SSSR count). The maximum Gasteiger partial charge on any atom is 0.272 e. The van der Waals surface area contributed by atoms with Gasteiger partial charge in [-0.25, -0.2) is 5.10 Å². The lowest BCUT2D eigenvalue weighted by molar-refractivity contribution is 0.414. The van der Waals surface area contributed by atoms with Crippen LogP contribution < -0.4 is 15.6 Å². The third-order valence-corrected chi connectivity index (χ3v) is 3.87. The van der Waals surface area contributed by atoms with E-state index in [0.717, 1.165) is 22.6 Å². The zero-order valence-corrected chi connectivity index (χ0v) is 13.6. The maximum absolute atomic E-state index is 11.7. The minimum absolute atomic E-state index is 0.251. The summed E-state index contributed by atoms with van der Waals surface area (Å²) in [5.74, 6) is 0.832. The number of nitrogens with zero attached hydrogens (tertiary/aromatic N) is 1. The minimum Gasteiger partial charge on any atom is -0.497 e. The molecule has 23 heavy (non-hydrogen) atoms. The number of methoxy groups -OCH3 is 1. The van der Waals surface area contributed by atoms with Crippen LogP contribution in [0.15, 0.2) is 41.2 Å². The smallest absolute Gasteiger partial charge is 0.272 e. The van der Waals surface area contributed by atoms with Crippen molar-refractivity contribution in [1.29, 1.82) is 0 Å². The quantitative estimate of drug-likeness (QED) is 0.768. The molecule has 1 heterocycles. The van der Waals surface area contributed by atoms with Crippen LogP contribution in [0.4, 0.5) is 5.69 Å². The van der Waals surface area contributed by atoms with Gasteiger partial charge in [0.25, 0.3) is 5.56 Å². The Labute approximate surface area is 138 Å². The summed E-state index contributed by atoms with van der Waals surface area (Å²) in [6.07, 6.45) is 0. The number of hydrogen-bond donors (Lipinski definition) is 2. The number of rotatable bonds is 4. The van der Waals surface area contributed by atoms with Crippen molar-refractivity contribution in [1.82, 2.24) is 10.2 Å². The van der Waals surface area contributed by atoms with Crippen LogP contribution >= 0.6 is 11.6 Å². The monoisotopic (exact) mass is 329 g/mol. The van der Waals surface area contributed by atoms with Crippen LogP contribution in [-0.4, -0.2) is 17.3 Å². The zero-order valence-electron chi connectivity index (χ0n) is 12.8. The van der Waals surface area contributed by atoms with Crippen LogP contribution in [-0.2, 0) is 6.54 Å². The Morgan fingerprint density at radius 1 is 1.22 bits per heavy atom. The molecule has 0 bridgehead atoms. The molecule has 0 saturated heterocycles. The first-order chi connectivity index (χ1) is 11.1. The highest BCUT2D eigenvalue weighted by molar-refractivity contribution is 6.34. The summed E-state index contributed by atoms with van der Waals surface area (Å²) in [5, 5.41) is 10.9. The van der Waals surface area contributed by atoms with Crippen molar-refractivity contribution in [2.45, 2.75) is 13.5 Å². The average molecular weight is 330 g/mol. The van der Waals surface area contributed by atoms with Gasteiger partial charge in [0.1, 0.15) is 5.75 Å². The maximum atomic E-state index is 11.7. The largest absolute Gasteiger partial charge is 0.497 e. The van der Waals surface area contributed by atoms with Crippen molar-refractivity contribution in [2.24, 2.45) is 0 Å². The highest BCUT2D eigenvalue weighted by atomic mass is 35.5. The molecule has 0 fully saturated rings. The number of hydrogen-bond acceptors (Lipinski definition) is 4. The molecule has 0 aliphatic heterocycles. The first-order valence-electron chi connectivity index (χ1n) is 7.13. The first kappa shape index (κ1) is 15.4. The summed E-state index contributed by atoms with van der Waals surface area (Å²) in [5.41, 5.74) is 2.86. The fourth-order valence-electron chi connectivity index (χ4n) is 2.49. The van der Waals surface area contributed by atoms with Gasteiger partial charge in [-0.2, -0.15) is 5.10 Å². The van der Waals surface area contributed by atoms with E-state index in [0.29, 0.717) is 17.3 Å². The van der Waals surface area contributed by atoms with Gasteiger partial charge < -0.3 is 10.1 Å². The molecule has 3 aromatic rings. The Hall–Kier alpha value is -2.53. The second-order valence-electron chi connectivity index (χ2n) is 5.32. The highest BCUT2D eigenvalue weighted by Gasteiger charge is 2.06. The molecule has 5 nitrogen and oxygen atoms in total. The number of halogens is 1. The Morgan fingerprint density at radius 3 is 2.83 bits per heavy atom. The summed E-state index contributed by atoms with van der Waals surface area (Å²) in [7, 11) is 1.65. The van der Waals surface area contributed by atoms with Crippen molar-refractivity contribution >= 4 is 28.1 Å². The second kappa shape index (κ2) is 6.30.